The number of hydrogen-bond acceptors (Lipinski definition) is 4. The summed E-state index contributed by atoms with van der Waals surface area (Å²) < 4.78 is 0. The van der Waals surface area contributed by atoms with Gasteiger partial charge in [0.15, 0.2) is 0 Å². The molecule has 4 heteroatoms. The minimum Gasteiger partial charge on any atom is -0.385 e. The molecule has 76 valence electrons. The quantitative estimate of drug-likeness (QED) is 0.727. The van der Waals surface area contributed by atoms with E-state index in [-0.39, 0.29) is 0 Å². The molecule has 0 aliphatic heterocycles. The summed E-state index contributed by atoms with van der Waals surface area (Å²) in [5, 5.41) is 9.94. The number of aromatic nitrogens is 2. The number of rotatable bonds is 1. The number of anilines is 1. The van der Waals surface area contributed by atoms with Gasteiger partial charge in [-0.1, -0.05) is 6.07 Å². The molecule has 4 nitrogen and oxygen atoms in total. The van der Waals surface area contributed by atoms with Crippen LogP contribution in [0.4, 0.5) is 5.82 Å². The van der Waals surface area contributed by atoms with Crippen molar-refractivity contribution in [1.82, 2.24) is 9.97 Å². The number of nitrogens with zero attached hydrogens (tertiary/aromatic N) is 2. The van der Waals surface area contributed by atoms with Gasteiger partial charge in [0.25, 0.3) is 0 Å². The molecule has 0 bridgehead atoms. The molecule has 0 saturated heterocycles. The van der Waals surface area contributed by atoms with Crippen molar-refractivity contribution in [3.05, 3.63) is 30.0 Å². The van der Waals surface area contributed by atoms with E-state index < -0.39 is 5.60 Å². The van der Waals surface area contributed by atoms with E-state index in [4.69, 9.17) is 5.73 Å². The molecule has 1 fully saturated rings. The SMILES string of the molecule is Nc1cnc2cc(C3(O)CC3)ccc2n1. The highest BCUT2D eigenvalue weighted by Crippen LogP contribution is 2.45. The summed E-state index contributed by atoms with van der Waals surface area (Å²) in [6.45, 7) is 0. The Hall–Kier alpha value is -1.68. The summed E-state index contributed by atoms with van der Waals surface area (Å²) in [7, 11) is 0. The molecule has 1 heterocycles. The lowest BCUT2D eigenvalue weighted by Gasteiger charge is -2.08. The number of hydrogen-bond donors (Lipinski definition) is 2. The highest BCUT2D eigenvalue weighted by molar-refractivity contribution is 5.76. The molecular formula is C11H11N3O. The van der Waals surface area contributed by atoms with Crippen LogP contribution in [0.5, 0.6) is 0 Å². The summed E-state index contributed by atoms with van der Waals surface area (Å²) >= 11 is 0. The van der Waals surface area contributed by atoms with Gasteiger partial charge >= 0.3 is 0 Å². The Morgan fingerprint density at radius 3 is 2.80 bits per heavy atom. The first-order valence-corrected chi connectivity index (χ1v) is 4.93. The van der Waals surface area contributed by atoms with Gasteiger partial charge in [0, 0.05) is 0 Å². The Balaban J connectivity index is 2.18. The van der Waals surface area contributed by atoms with Crippen LogP contribution in [-0.2, 0) is 5.60 Å². The predicted octanol–water partition coefficient (Wildman–Crippen LogP) is 1.19. The van der Waals surface area contributed by atoms with Gasteiger partial charge in [0.05, 0.1) is 22.8 Å². The molecule has 3 N–H and O–H groups in total. The first-order chi connectivity index (χ1) is 7.17. The third-order valence-corrected chi connectivity index (χ3v) is 2.82. The Morgan fingerprint density at radius 2 is 2.07 bits per heavy atom. The second kappa shape index (κ2) is 2.67. The molecule has 0 amide bonds. The average molecular weight is 201 g/mol. The van der Waals surface area contributed by atoms with Gasteiger partial charge in [-0.2, -0.15) is 0 Å². The van der Waals surface area contributed by atoms with Gasteiger partial charge < -0.3 is 10.8 Å². The zero-order valence-corrected chi connectivity index (χ0v) is 8.14. The molecule has 1 aliphatic carbocycles. The summed E-state index contributed by atoms with van der Waals surface area (Å²) in [5.74, 6) is 0.417. The van der Waals surface area contributed by atoms with E-state index in [0.29, 0.717) is 5.82 Å². The highest BCUT2D eigenvalue weighted by Gasteiger charge is 2.42. The molecule has 0 spiro atoms. The van der Waals surface area contributed by atoms with Gasteiger partial charge in [-0.3, -0.25) is 4.98 Å². The number of aliphatic hydroxyl groups is 1. The fraction of sp³-hybridized carbons (Fsp3) is 0.273. The van der Waals surface area contributed by atoms with Gasteiger partial charge in [-0.15, -0.1) is 0 Å². The van der Waals surface area contributed by atoms with Gasteiger partial charge in [-0.25, -0.2) is 4.98 Å². The van der Waals surface area contributed by atoms with Crippen molar-refractivity contribution >= 4 is 16.9 Å². The van der Waals surface area contributed by atoms with Gasteiger partial charge in [-0.05, 0) is 30.5 Å². The molecular weight excluding hydrogens is 190 g/mol. The number of fused-ring (bicyclic) bond motifs is 1. The van der Waals surface area contributed by atoms with Crippen molar-refractivity contribution in [3.8, 4) is 0 Å². The molecule has 1 aromatic carbocycles. The lowest BCUT2D eigenvalue weighted by Crippen LogP contribution is -2.04. The van der Waals surface area contributed by atoms with E-state index in [1.165, 1.54) is 6.20 Å². The van der Waals surface area contributed by atoms with Crippen molar-refractivity contribution in [2.45, 2.75) is 18.4 Å². The molecule has 0 atom stereocenters. The Morgan fingerprint density at radius 1 is 1.27 bits per heavy atom. The first-order valence-electron chi connectivity index (χ1n) is 4.93. The van der Waals surface area contributed by atoms with Crippen molar-refractivity contribution in [2.75, 3.05) is 5.73 Å². The van der Waals surface area contributed by atoms with Crippen LogP contribution in [0.1, 0.15) is 18.4 Å². The molecule has 15 heavy (non-hydrogen) atoms. The normalized spacial score (nSPS) is 17.9. The fourth-order valence-electron chi connectivity index (χ4n) is 1.72. The maximum absolute atomic E-state index is 9.94. The maximum Gasteiger partial charge on any atom is 0.142 e. The van der Waals surface area contributed by atoms with Crippen LogP contribution in [-0.4, -0.2) is 15.1 Å². The topological polar surface area (TPSA) is 72.0 Å². The molecule has 1 saturated carbocycles. The van der Waals surface area contributed by atoms with Gasteiger partial charge in [0.2, 0.25) is 0 Å². The minimum atomic E-state index is -0.614. The van der Waals surface area contributed by atoms with Crippen LogP contribution in [0.15, 0.2) is 24.4 Å². The number of benzene rings is 1. The summed E-state index contributed by atoms with van der Waals surface area (Å²) in [4.78, 5) is 8.34. The van der Waals surface area contributed by atoms with E-state index >= 15 is 0 Å². The third kappa shape index (κ3) is 1.34. The second-order valence-corrected chi connectivity index (χ2v) is 4.03. The molecule has 0 unspecified atom stereocenters. The average Bonchev–Trinajstić information content (AvgIpc) is 2.97. The lowest BCUT2D eigenvalue weighted by atomic mass is 10.1. The molecule has 1 aromatic heterocycles. The Kier molecular flexibility index (Phi) is 1.53. The Labute approximate surface area is 86.8 Å². The zero-order valence-electron chi connectivity index (χ0n) is 8.14. The van der Waals surface area contributed by atoms with Crippen LogP contribution in [0.2, 0.25) is 0 Å². The molecule has 0 radical (unpaired) electrons. The largest absolute Gasteiger partial charge is 0.385 e. The monoisotopic (exact) mass is 201 g/mol. The lowest BCUT2D eigenvalue weighted by molar-refractivity contribution is 0.151. The number of nitrogen functional groups attached to an aromatic ring is 1. The van der Waals surface area contributed by atoms with Crippen molar-refractivity contribution in [2.24, 2.45) is 0 Å². The summed E-state index contributed by atoms with van der Waals surface area (Å²) in [6.07, 6.45) is 3.20. The first kappa shape index (κ1) is 8.61. The predicted molar refractivity (Wildman–Crippen MR) is 57.1 cm³/mol. The minimum absolute atomic E-state index is 0.417. The molecule has 1 aliphatic rings. The molecule has 2 aromatic rings. The van der Waals surface area contributed by atoms with Crippen molar-refractivity contribution in [1.29, 1.82) is 0 Å². The summed E-state index contributed by atoms with van der Waals surface area (Å²) in [5.41, 5.74) is 7.39. The highest BCUT2D eigenvalue weighted by atomic mass is 16.3. The van der Waals surface area contributed by atoms with Crippen LogP contribution >= 0.6 is 0 Å². The van der Waals surface area contributed by atoms with E-state index in [1.807, 2.05) is 18.2 Å². The van der Waals surface area contributed by atoms with Crippen LogP contribution < -0.4 is 5.73 Å². The van der Waals surface area contributed by atoms with Crippen molar-refractivity contribution in [3.63, 3.8) is 0 Å². The fourth-order valence-corrected chi connectivity index (χ4v) is 1.72. The second-order valence-electron chi connectivity index (χ2n) is 4.03. The maximum atomic E-state index is 9.94. The van der Waals surface area contributed by atoms with E-state index in [9.17, 15) is 5.11 Å². The van der Waals surface area contributed by atoms with Crippen molar-refractivity contribution < 1.29 is 5.11 Å². The standard InChI is InChI=1S/C11H11N3O/c12-10-6-13-9-5-7(11(15)3-4-11)1-2-8(9)14-10/h1-2,5-6,15H,3-4H2,(H2,12,14). The van der Waals surface area contributed by atoms with Gasteiger partial charge in [0.1, 0.15) is 5.82 Å². The zero-order chi connectivity index (χ0) is 10.5. The van der Waals surface area contributed by atoms with Crippen LogP contribution in [0, 0.1) is 0 Å². The van der Waals surface area contributed by atoms with Crippen LogP contribution in [0.25, 0.3) is 11.0 Å². The van der Waals surface area contributed by atoms with E-state index in [0.717, 1.165) is 29.4 Å². The Bertz CT molecular complexity index is 534. The van der Waals surface area contributed by atoms with E-state index in [1.54, 1.807) is 0 Å². The summed E-state index contributed by atoms with van der Waals surface area (Å²) in [6, 6.07) is 5.63. The van der Waals surface area contributed by atoms with Crippen LogP contribution in [0.3, 0.4) is 0 Å². The molecule has 3 rings (SSSR count). The smallest absolute Gasteiger partial charge is 0.142 e. The number of nitrogens with two attached hydrogens (primary N) is 1. The van der Waals surface area contributed by atoms with E-state index in [2.05, 4.69) is 9.97 Å². The third-order valence-electron chi connectivity index (χ3n) is 2.82.